The monoisotopic (exact) mass is 1020 g/mol. The average Bonchev–Trinajstić information content (AvgIpc) is 3.67. The van der Waals surface area contributed by atoms with Gasteiger partial charge in [-0.15, -0.1) is 0 Å². The molecule has 1 unspecified atom stereocenters. The summed E-state index contributed by atoms with van der Waals surface area (Å²) in [4.78, 5) is 73.6. The number of unbranched alkanes of at least 4 members (excludes halogenated alkanes) is 4. The molecule has 3 aliphatic rings. The number of nitriles is 1. The fourth-order valence-electron chi connectivity index (χ4n) is 9.40. The molecule has 2 fully saturated rings. The van der Waals surface area contributed by atoms with Gasteiger partial charge in [0.25, 0.3) is 11.8 Å². The topological polar surface area (TPSA) is 240 Å². The largest absolute Gasteiger partial charge is 0.493 e. The molecular formula is C56H65N9O10. The number of amides is 5. The molecule has 4 aromatic carbocycles. The fraction of sp³-hybridized carbons (Fsp3) is 0.411. The van der Waals surface area contributed by atoms with Gasteiger partial charge in [0.05, 0.1) is 60.5 Å². The third-order valence-electron chi connectivity index (χ3n) is 13.4. The first-order chi connectivity index (χ1) is 36.6. The Morgan fingerprint density at radius 1 is 0.787 bits per heavy atom. The zero-order valence-electron chi connectivity index (χ0n) is 42.4. The predicted molar refractivity (Wildman–Crippen MR) is 282 cm³/mol. The van der Waals surface area contributed by atoms with Gasteiger partial charge in [-0.05, 0) is 106 Å². The minimum absolute atomic E-state index is 0.0294. The maximum absolute atomic E-state index is 13.3. The normalized spacial score (nSPS) is 15.9. The summed E-state index contributed by atoms with van der Waals surface area (Å²) in [5.74, 6) is -0.221. The summed E-state index contributed by atoms with van der Waals surface area (Å²) >= 11 is 0. The number of ether oxygens (including phenoxy) is 5. The zero-order valence-corrected chi connectivity index (χ0v) is 42.4. The standard InChI is InChI=1S/C56H65N9O10/c1-71-48-34-44-46(59-37-38(36-57)53(44)60-40-16-18-41(19-17-40)75-42-12-8-11-39(58)33-42)35-49(48)74-30-10-23-64-26-24-63(25-27-64)22-5-3-7-29-73-32-31-72-28-6-2-4-15-50(66)61-45-14-9-13-43-52(45)56(70)65(55(43)69)47-20-21-51(67)62-54(47)68/h8-9,11-14,16-19,33-35,37,47H,2-7,10,15,20-32,58H2,1H3,(H,59,60)(H,61,66)(H,62,67,68). The molecular weight excluding hydrogens is 959 g/mol. The van der Waals surface area contributed by atoms with Crippen LogP contribution in [0.3, 0.4) is 0 Å². The van der Waals surface area contributed by atoms with Crippen LogP contribution in [-0.2, 0) is 23.9 Å². The Hall–Kier alpha value is -7.63. The Bertz CT molecular complexity index is 2870. The summed E-state index contributed by atoms with van der Waals surface area (Å²) in [6.07, 6.45) is 8.20. The zero-order chi connectivity index (χ0) is 52.5. The van der Waals surface area contributed by atoms with Gasteiger partial charge in [-0.3, -0.25) is 39.2 Å². The molecule has 0 aliphatic carbocycles. The highest BCUT2D eigenvalue weighted by molar-refractivity contribution is 6.26. The van der Waals surface area contributed by atoms with Crippen LogP contribution in [0.2, 0.25) is 0 Å². The highest BCUT2D eigenvalue weighted by Crippen LogP contribution is 2.38. The number of hydrogen-bond acceptors (Lipinski definition) is 16. The van der Waals surface area contributed by atoms with E-state index in [1.165, 1.54) is 6.07 Å². The minimum Gasteiger partial charge on any atom is -0.493 e. The van der Waals surface area contributed by atoms with Crippen molar-refractivity contribution in [2.45, 2.75) is 70.3 Å². The molecule has 1 atom stereocenters. The molecule has 0 saturated carbocycles. The van der Waals surface area contributed by atoms with E-state index in [1.54, 1.807) is 37.6 Å². The summed E-state index contributed by atoms with van der Waals surface area (Å²) in [5, 5.41) is 19.1. The van der Waals surface area contributed by atoms with Crippen molar-refractivity contribution in [3.05, 3.63) is 102 Å². The number of benzene rings is 4. The van der Waals surface area contributed by atoms with Gasteiger partial charge in [-0.1, -0.05) is 18.6 Å². The second kappa shape index (κ2) is 26.5. The Morgan fingerprint density at radius 2 is 1.51 bits per heavy atom. The lowest BCUT2D eigenvalue weighted by Crippen LogP contribution is -2.54. The number of piperidine rings is 1. The SMILES string of the molecule is COc1cc2c(Nc3ccc(Oc4cccc(N)c4)cc3)c(C#N)cnc2cc1OCCCN1CCN(CCCCCOCCOCCCCCC(=O)Nc2cccc3c2C(=O)N(C2CCC(=O)NC2=O)C3=O)CC1. The van der Waals surface area contributed by atoms with E-state index in [1.807, 2.05) is 48.5 Å². The summed E-state index contributed by atoms with van der Waals surface area (Å²) in [6.45, 7) is 9.01. The number of pyridine rings is 1. The molecule has 5 aromatic rings. The minimum atomic E-state index is -1.07. The van der Waals surface area contributed by atoms with E-state index in [0.717, 1.165) is 93.8 Å². The number of anilines is 4. The number of rotatable bonds is 27. The molecule has 3 aliphatic heterocycles. The molecule has 2 saturated heterocycles. The van der Waals surface area contributed by atoms with Crippen LogP contribution in [0, 0.1) is 11.3 Å². The Kier molecular flexibility index (Phi) is 19.0. The van der Waals surface area contributed by atoms with Crippen molar-refractivity contribution < 1.29 is 47.7 Å². The molecule has 5 N–H and O–H groups in total. The highest BCUT2D eigenvalue weighted by atomic mass is 16.5. The van der Waals surface area contributed by atoms with E-state index >= 15 is 0 Å². The van der Waals surface area contributed by atoms with Gasteiger partial charge >= 0.3 is 0 Å². The molecule has 0 bridgehead atoms. The smallest absolute Gasteiger partial charge is 0.264 e. The van der Waals surface area contributed by atoms with Gasteiger partial charge < -0.3 is 49.9 Å². The number of nitrogens with zero attached hydrogens (tertiary/aromatic N) is 5. The van der Waals surface area contributed by atoms with E-state index in [0.29, 0.717) is 84.9 Å². The number of carbonyl (C=O) groups is 5. The number of imide groups is 2. The molecule has 394 valence electrons. The van der Waals surface area contributed by atoms with Crippen molar-refractivity contribution in [2.24, 2.45) is 0 Å². The lowest BCUT2D eigenvalue weighted by atomic mass is 10.0. The van der Waals surface area contributed by atoms with E-state index in [2.05, 4.69) is 36.8 Å². The number of hydrogen-bond donors (Lipinski definition) is 4. The summed E-state index contributed by atoms with van der Waals surface area (Å²) in [6, 6.07) is 24.3. The second-order valence-electron chi connectivity index (χ2n) is 18.7. The molecule has 8 rings (SSSR count). The van der Waals surface area contributed by atoms with Crippen LogP contribution >= 0.6 is 0 Å². The summed E-state index contributed by atoms with van der Waals surface area (Å²) in [5.41, 5.74) is 9.39. The first kappa shape index (κ1) is 53.7. The number of nitrogen functional groups attached to an aromatic ring is 1. The molecule has 1 aromatic heterocycles. The third kappa shape index (κ3) is 14.4. The van der Waals surface area contributed by atoms with Crippen LogP contribution in [0.4, 0.5) is 22.7 Å². The van der Waals surface area contributed by atoms with Crippen LogP contribution in [0.15, 0.2) is 85.1 Å². The molecule has 5 amide bonds. The van der Waals surface area contributed by atoms with Gasteiger partial charge in [0.1, 0.15) is 23.6 Å². The van der Waals surface area contributed by atoms with E-state index in [9.17, 15) is 29.2 Å². The number of piperazine rings is 1. The number of fused-ring (bicyclic) bond motifs is 2. The summed E-state index contributed by atoms with van der Waals surface area (Å²) in [7, 11) is 1.61. The predicted octanol–water partition coefficient (Wildman–Crippen LogP) is 7.42. The van der Waals surface area contributed by atoms with Crippen LogP contribution in [0.1, 0.15) is 90.5 Å². The van der Waals surface area contributed by atoms with Crippen molar-refractivity contribution in [3.8, 4) is 29.1 Å². The maximum atomic E-state index is 13.3. The fourth-order valence-corrected chi connectivity index (χ4v) is 9.40. The number of aromatic nitrogens is 1. The number of carbonyl (C=O) groups excluding carboxylic acids is 5. The van der Waals surface area contributed by atoms with Gasteiger partial charge in [-0.25, -0.2) is 0 Å². The molecule has 0 radical (unpaired) electrons. The highest BCUT2D eigenvalue weighted by Gasteiger charge is 2.45. The third-order valence-corrected chi connectivity index (χ3v) is 13.4. The Balaban J connectivity index is 0.635. The van der Waals surface area contributed by atoms with E-state index in [-0.39, 0.29) is 42.0 Å². The maximum Gasteiger partial charge on any atom is 0.264 e. The number of nitrogens with one attached hydrogen (secondary N) is 3. The van der Waals surface area contributed by atoms with Crippen molar-refractivity contribution in [1.82, 2.24) is 25.0 Å². The van der Waals surface area contributed by atoms with E-state index in [4.69, 9.17) is 29.4 Å². The van der Waals surface area contributed by atoms with Gasteiger partial charge in [0, 0.05) is 93.9 Å². The number of methoxy groups -OCH3 is 1. The Labute approximate surface area is 436 Å². The van der Waals surface area contributed by atoms with Crippen LogP contribution < -0.4 is 35.9 Å². The lowest BCUT2D eigenvalue weighted by molar-refractivity contribution is -0.136. The number of nitrogens with two attached hydrogens (primary N) is 1. The first-order valence-corrected chi connectivity index (χ1v) is 25.8. The lowest BCUT2D eigenvalue weighted by Gasteiger charge is -2.34. The van der Waals surface area contributed by atoms with Gasteiger partial charge in [0.15, 0.2) is 11.5 Å². The second-order valence-corrected chi connectivity index (χ2v) is 18.7. The molecule has 75 heavy (non-hydrogen) atoms. The van der Waals surface area contributed by atoms with Crippen LogP contribution in [0.25, 0.3) is 10.9 Å². The van der Waals surface area contributed by atoms with Crippen LogP contribution in [0.5, 0.6) is 23.0 Å². The van der Waals surface area contributed by atoms with E-state index < -0.39 is 29.7 Å². The van der Waals surface area contributed by atoms with Gasteiger partial charge in [-0.2, -0.15) is 5.26 Å². The molecule has 0 spiro atoms. The van der Waals surface area contributed by atoms with Crippen molar-refractivity contribution >= 4 is 63.2 Å². The Morgan fingerprint density at radius 3 is 2.21 bits per heavy atom. The van der Waals surface area contributed by atoms with Crippen LogP contribution in [-0.4, -0.2) is 135 Å². The first-order valence-electron chi connectivity index (χ1n) is 25.8. The molecule has 19 heteroatoms. The average molecular weight is 1020 g/mol. The molecule has 4 heterocycles. The van der Waals surface area contributed by atoms with Crippen molar-refractivity contribution in [3.63, 3.8) is 0 Å². The van der Waals surface area contributed by atoms with Crippen molar-refractivity contribution in [1.29, 1.82) is 5.26 Å². The van der Waals surface area contributed by atoms with Gasteiger partial charge in [0.2, 0.25) is 17.7 Å². The molecule has 19 nitrogen and oxygen atoms in total. The van der Waals surface area contributed by atoms with Crippen molar-refractivity contribution in [2.75, 3.05) is 95.8 Å². The summed E-state index contributed by atoms with van der Waals surface area (Å²) < 4.78 is 29.5. The quantitative estimate of drug-likeness (QED) is 0.0227.